The van der Waals surface area contributed by atoms with Crippen molar-refractivity contribution in [2.24, 2.45) is 0 Å². The first kappa shape index (κ1) is 34.1. The monoisotopic (exact) mass is 763 g/mol. The molecule has 0 aliphatic carbocycles. The minimum Gasteiger partial charge on any atom is -0.267 e. The number of nitro benzene ring substituents is 1. The largest absolute Gasteiger partial charge is 0.281 e. The predicted molar refractivity (Wildman–Crippen MR) is 170 cm³/mol. The van der Waals surface area contributed by atoms with Gasteiger partial charge in [0.1, 0.15) is 11.5 Å². The number of carbonyl (C=O) groups excluding carboxylic acids is 3. The molecule has 43 heavy (non-hydrogen) atoms. The summed E-state index contributed by atoms with van der Waals surface area (Å²) >= 11 is 23.5. The van der Waals surface area contributed by atoms with Crippen LogP contribution in [-0.4, -0.2) is 43.8 Å². The predicted octanol–water partition coefficient (Wildman–Crippen LogP) is 6.98. The molecule has 13 heteroatoms. The standard InChI is InChI=1S/C16H11N3O5.2C7H5Cl2.Sn/c20-10-14(11-4-2-1-3-5-11)16(22)18-17-15(21)12-6-8-13(9-7-12)19(23)24;2*1-5-2-3-6(8)4-7(5)9;/h1-9H,(H,17,21)(H,18,22);2*2-4H,1H2;. The van der Waals surface area contributed by atoms with Crippen LogP contribution < -0.4 is 10.9 Å². The number of nitrogens with one attached hydrogen (secondary N) is 2. The van der Waals surface area contributed by atoms with Crippen molar-refractivity contribution >= 4 is 96.6 Å². The van der Waals surface area contributed by atoms with Crippen LogP contribution in [0.3, 0.4) is 0 Å². The number of hydrogen-bond acceptors (Lipinski definition) is 5. The SMILES string of the molecule is Clc1ccc([CH2][Sn][CH2]c2ccc(Cl)cc2Cl)c(Cl)c1.O=C=C(C(=O)NNC(=O)c1ccc([N+](=O)[O-])cc1)c1ccccc1. The summed E-state index contributed by atoms with van der Waals surface area (Å²) < 4.78 is 2.14. The molecule has 4 aromatic carbocycles. The average molecular weight is 764 g/mol. The third kappa shape index (κ3) is 10.7. The summed E-state index contributed by atoms with van der Waals surface area (Å²) in [5, 5.41) is 13.4. The summed E-state index contributed by atoms with van der Waals surface area (Å²) in [7, 11) is 0. The molecule has 0 spiro atoms. The van der Waals surface area contributed by atoms with Crippen molar-refractivity contribution in [3.8, 4) is 0 Å². The minimum atomic E-state index is -0.827. The summed E-state index contributed by atoms with van der Waals surface area (Å²) in [6, 6.07) is 24.3. The van der Waals surface area contributed by atoms with Crippen molar-refractivity contribution in [2.45, 2.75) is 8.87 Å². The summed E-state index contributed by atoms with van der Waals surface area (Å²) in [4.78, 5) is 44.7. The van der Waals surface area contributed by atoms with E-state index in [9.17, 15) is 24.5 Å². The number of amides is 2. The van der Waals surface area contributed by atoms with Gasteiger partial charge in [0, 0.05) is 17.7 Å². The summed E-state index contributed by atoms with van der Waals surface area (Å²) in [6.07, 6.45) is 0. The second-order valence-corrected chi connectivity index (χ2v) is 13.8. The van der Waals surface area contributed by atoms with Crippen LogP contribution in [0.25, 0.3) is 5.57 Å². The molecule has 2 radical (unpaired) electrons. The molecular weight excluding hydrogens is 743 g/mol. The van der Waals surface area contributed by atoms with E-state index in [1.54, 1.807) is 42.5 Å². The van der Waals surface area contributed by atoms with Crippen molar-refractivity contribution in [2.75, 3.05) is 0 Å². The molecule has 0 aromatic heterocycles. The zero-order chi connectivity index (χ0) is 31.4. The number of halogens is 4. The molecule has 0 heterocycles. The Labute approximate surface area is 277 Å². The average Bonchev–Trinajstić information content (AvgIpc) is 2.99. The number of non-ortho nitro benzene ring substituents is 1. The van der Waals surface area contributed by atoms with Gasteiger partial charge in [-0.25, -0.2) is 4.79 Å². The molecule has 4 rings (SSSR count). The van der Waals surface area contributed by atoms with Gasteiger partial charge in [0.25, 0.3) is 17.5 Å². The van der Waals surface area contributed by atoms with Crippen LogP contribution in [-0.2, 0) is 18.5 Å². The Kier molecular flexibility index (Phi) is 13.5. The van der Waals surface area contributed by atoms with E-state index in [1.165, 1.54) is 29.2 Å². The smallest absolute Gasteiger partial charge is 0.267 e. The third-order valence-corrected chi connectivity index (χ3v) is 10.5. The Morgan fingerprint density at radius 3 is 1.74 bits per heavy atom. The molecule has 0 aliphatic heterocycles. The first-order valence-electron chi connectivity index (χ1n) is 12.3. The van der Waals surface area contributed by atoms with Crippen LogP contribution >= 0.6 is 46.4 Å². The van der Waals surface area contributed by atoms with Gasteiger partial charge in [-0.1, -0.05) is 30.3 Å². The normalized spacial score (nSPS) is 10.0. The molecule has 0 atom stereocenters. The number of hydrazine groups is 1. The zero-order valence-corrected chi connectivity index (χ0v) is 28.0. The second kappa shape index (κ2) is 17.1. The molecule has 0 unspecified atom stereocenters. The van der Waals surface area contributed by atoms with E-state index >= 15 is 0 Å². The maximum Gasteiger partial charge on any atom is 0.281 e. The Balaban J connectivity index is 0.000000242. The maximum absolute atomic E-state index is 11.9. The van der Waals surface area contributed by atoms with Gasteiger partial charge in [-0.2, -0.15) is 0 Å². The first-order valence-corrected chi connectivity index (χ1v) is 17.9. The number of nitro groups is 1. The second-order valence-electron chi connectivity index (χ2n) is 8.63. The van der Waals surface area contributed by atoms with Gasteiger partial charge < -0.3 is 0 Å². The number of rotatable bonds is 8. The van der Waals surface area contributed by atoms with E-state index < -0.39 is 37.9 Å². The Morgan fingerprint density at radius 2 is 1.28 bits per heavy atom. The first-order chi connectivity index (χ1) is 20.6. The van der Waals surface area contributed by atoms with E-state index in [-0.39, 0.29) is 16.8 Å². The van der Waals surface area contributed by atoms with Crippen LogP contribution in [0.15, 0.2) is 91.0 Å². The molecule has 0 aliphatic rings. The van der Waals surface area contributed by atoms with E-state index in [1.807, 2.05) is 24.3 Å². The number of benzene rings is 4. The third-order valence-electron chi connectivity index (χ3n) is 5.68. The van der Waals surface area contributed by atoms with Crippen LogP contribution in [0.4, 0.5) is 5.69 Å². The van der Waals surface area contributed by atoms with E-state index in [0.29, 0.717) is 15.6 Å². The van der Waals surface area contributed by atoms with Gasteiger partial charge in [0.2, 0.25) is 0 Å². The van der Waals surface area contributed by atoms with Gasteiger partial charge in [0.05, 0.1) is 4.92 Å². The zero-order valence-electron chi connectivity index (χ0n) is 22.1. The van der Waals surface area contributed by atoms with Crippen LogP contribution in [0.1, 0.15) is 27.0 Å². The molecule has 0 bridgehead atoms. The molecule has 8 nitrogen and oxygen atoms in total. The van der Waals surface area contributed by atoms with Gasteiger partial charge in [-0.3, -0.25) is 30.6 Å². The fraction of sp³-hybridized carbons (Fsp3) is 0.0667. The maximum atomic E-state index is 11.9. The van der Waals surface area contributed by atoms with Gasteiger partial charge in [0.15, 0.2) is 0 Å². The fourth-order valence-corrected chi connectivity index (χ4v) is 8.73. The fourth-order valence-electron chi connectivity index (χ4n) is 3.49. The van der Waals surface area contributed by atoms with Gasteiger partial charge in [-0.05, 0) is 17.7 Å². The Bertz CT molecular complexity index is 1610. The van der Waals surface area contributed by atoms with Crippen molar-refractivity contribution in [3.63, 3.8) is 0 Å². The van der Waals surface area contributed by atoms with Crippen molar-refractivity contribution in [1.82, 2.24) is 10.9 Å². The van der Waals surface area contributed by atoms with E-state index in [2.05, 4.69) is 10.9 Å². The molecule has 0 fully saturated rings. The molecule has 2 N–H and O–H groups in total. The molecular formula is C30H21Cl4N3O5Sn. The molecule has 4 aromatic rings. The Morgan fingerprint density at radius 1 is 0.744 bits per heavy atom. The van der Waals surface area contributed by atoms with Crippen molar-refractivity contribution < 1.29 is 19.3 Å². The Hall–Kier alpha value is -3.37. The number of nitrogens with zero attached hydrogens (tertiary/aromatic N) is 1. The summed E-state index contributed by atoms with van der Waals surface area (Å²) in [5.41, 5.74) is 6.63. The minimum absolute atomic E-state index is 0.109. The van der Waals surface area contributed by atoms with E-state index in [0.717, 1.165) is 31.1 Å². The van der Waals surface area contributed by atoms with Gasteiger partial charge >= 0.3 is 144 Å². The van der Waals surface area contributed by atoms with Crippen LogP contribution in [0.5, 0.6) is 0 Å². The van der Waals surface area contributed by atoms with Crippen LogP contribution in [0, 0.1) is 10.1 Å². The van der Waals surface area contributed by atoms with E-state index in [4.69, 9.17) is 46.4 Å². The van der Waals surface area contributed by atoms with Crippen LogP contribution in [0.2, 0.25) is 20.1 Å². The van der Waals surface area contributed by atoms with Gasteiger partial charge in [-0.15, -0.1) is 0 Å². The number of hydrogen-bond donors (Lipinski definition) is 2. The molecule has 218 valence electrons. The molecule has 0 saturated carbocycles. The van der Waals surface area contributed by atoms with Crippen molar-refractivity contribution in [3.05, 3.63) is 143 Å². The molecule has 2 amide bonds. The summed E-state index contributed by atoms with van der Waals surface area (Å²) in [5.74, 6) is 0.0188. The topological polar surface area (TPSA) is 118 Å². The number of carbonyl (C=O) groups is 2. The summed E-state index contributed by atoms with van der Waals surface area (Å²) in [6.45, 7) is 0. The molecule has 0 saturated heterocycles. The van der Waals surface area contributed by atoms with Crippen molar-refractivity contribution in [1.29, 1.82) is 0 Å². The quantitative estimate of drug-likeness (QED) is 0.0661.